The van der Waals surface area contributed by atoms with Gasteiger partial charge in [0.1, 0.15) is 5.82 Å². The Morgan fingerprint density at radius 2 is 2.00 bits per heavy atom. The quantitative estimate of drug-likeness (QED) is 0.900. The minimum absolute atomic E-state index is 0.226. The Bertz CT molecular complexity index is 539. The normalized spacial score (nSPS) is 12.9. The molecule has 1 aromatic carbocycles. The number of halogens is 1. The summed E-state index contributed by atoms with van der Waals surface area (Å²) in [6, 6.07) is 6.51. The van der Waals surface area contributed by atoms with Gasteiger partial charge in [-0.2, -0.15) is 0 Å². The van der Waals surface area contributed by atoms with Crippen LogP contribution in [0.15, 0.2) is 28.7 Å². The molecule has 0 fully saturated rings. The molecule has 0 saturated heterocycles. The average molecular weight is 263 g/mol. The van der Waals surface area contributed by atoms with Crippen molar-refractivity contribution in [2.24, 2.45) is 11.7 Å². The number of nitrogens with zero attached hydrogens (tertiary/aromatic N) is 2. The minimum atomic E-state index is -0.394. The van der Waals surface area contributed by atoms with Crippen LogP contribution in [0.4, 0.5) is 4.39 Å². The van der Waals surface area contributed by atoms with Gasteiger partial charge in [0.25, 0.3) is 0 Å². The van der Waals surface area contributed by atoms with E-state index in [0.717, 1.165) is 0 Å². The van der Waals surface area contributed by atoms with E-state index in [0.29, 0.717) is 29.7 Å². The zero-order chi connectivity index (χ0) is 13.8. The number of rotatable bonds is 5. The lowest BCUT2D eigenvalue weighted by Crippen LogP contribution is -2.15. The Morgan fingerprint density at radius 1 is 1.26 bits per heavy atom. The molecule has 0 aliphatic rings. The van der Waals surface area contributed by atoms with Crippen LogP contribution < -0.4 is 5.73 Å². The highest BCUT2D eigenvalue weighted by Gasteiger charge is 2.22. The van der Waals surface area contributed by atoms with Crippen molar-refractivity contribution < 1.29 is 8.81 Å². The van der Waals surface area contributed by atoms with Crippen molar-refractivity contribution in [1.82, 2.24) is 10.2 Å². The Kier molecular flexibility index (Phi) is 4.27. The smallest absolute Gasteiger partial charge is 0.225 e. The maximum absolute atomic E-state index is 13.8. The van der Waals surface area contributed by atoms with E-state index in [1.807, 2.05) is 0 Å². The van der Waals surface area contributed by atoms with Crippen molar-refractivity contribution in [3.63, 3.8) is 0 Å². The zero-order valence-corrected chi connectivity index (χ0v) is 11.1. The summed E-state index contributed by atoms with van der Waals surface area (Å²) in [5, 5.41) is 7.98. The maximum atomic E-state index is 13.8. The molecule has 0 aliphatic heterocycles. The molecule has 1 unspecified atom stereocenters. The lowest BCUT2D eigenvalue weighted by atomic mass is 9.99. The minimum Gasteiger partial charge on any atom is -0.425 e. The van der Waals surface area contributed by atoms with Gasteiger partial charge < -0.3 is 10.2 Å². The van der Waals surface area contributed by atoms with Gasteiger partial charge in [-0.15, -0.1) is 10.2 Å². The highest BCUT2D eigenvalue weighted by molar-refractivity contribution is 5.26. The first-order chi connectivity index (χ1) is 9.11. The summed E-state index contributed by atoms with van der Waals surface area (Å²) in [5.41, 5.74) is 6.21. The molecule has 0 radical (unpaired) electrons. The highest BCUT2D eigenvalue weighted by Crippen LogP contribution is 2.25. The van der Waals surface area contributed by atoms with Crippen LogP contribution in [0, 0.1) is 11.7 Å². The molecule has 2 aromatic rings. The van der Waals surface area contributed by atoms with E-state index < -0.39 is 5.92 Å². The molecule has 1 atom stereocenters. The van der Waals surface area contributed by atoms with E-state index in [1.165, 1.54) is 6.07 Å². The third kappa shape index (κ3) is 3.17. The van der Waals surface area contributed by atoms with Gasteiger partial charge in [-0.25, -0.2) is 4.39 Å². The van der Waals surface area contributed by atoms with E-state index >= 15 is 0 Å². The molecular weight excluding hydrogens is 245 g/mol. The van der Waals surface area contributed by atoms with Crippen LogP contribution in [0.2, 0.25) is 0 Å². The molecule has 2 rings (SSSR count). The van der Waals surface area contributed by atoms with Crippen molar-refractivity contribution in [3.8, 4) is 0 Å². The standard InChI is InChI=1S/C14H18FN3O/c1-9(2)7-13-17-18-14(19-13)11(8-16)10-5-3-4-6-12(10)15/h3-6,9,11H,7-8,16H2,1-2H3. The van der Waals surface area contributed by atoms with Crippen molar-refractivity contribution in [2.45, 2.75) is 26.2 Å². The summed E-state index contributed by atoms with van der Waals surface area (Å²) in [5.74, 6) is 0.678. The number of benzene rings is 1. The Morgan fingerprint density at radius 3 is 2.63 bits per heavy atom. The van der Waals surface area contributed by atoms with E-state index in [2.05, 4.69) is 24.0 Å². The third-order valence-electron chi connectivity index (χ3n) is 2.88. The molecule has 2 N–H and O–H groups in total. The summed E-state index contributed by atoms with van der Waals surface area (Å²) >= 11 is 0. The van der Waals surface area contributed by atoms with Crippen LogP contribution >= 0.6 is 0 Å². The molecular formula is C14H18FN3O. The third-order valence-corrected chi connectivity index (χ3v) is 2.88. The molecule has 19 heavy (non-hydrogen) atoms. The van der Waals surface area contributed by atoms with Gasteiger partial charge in [0.05, 0.1) is 5.92 Å². The van der Waals surface area contributed by atoms with Crippen molar-refractivity contribution in [2.75, 3.05) is 6.54 Å². The Balaban J connectivity index is 2.27. The fraction of sp³-hybridized carbons (Fsp3) is 0.429. The van der Waals surface area contributed by atoms with Gasteiger partial charge in [-0.05, 0) is 12.0 Å². The van der Waals surface area contributed by atoms with Gasteiger partial charge in [-0.3, -0.25) is 0 Å². The van der Waals surface area contributed by atoms with Gasteiger partial charge in [0.2, 0.25) is 11.8 Å². The zero-order valence-electron chi connectivity index (χ0n) is 11.1. The SMILES string of the molecule is CC(C)Cc1nnc(C(CN)c2ccccc2F)o1. The number of nitrogens with two attached hydrogens (primary N) is 1. The van der Waals surface area contributed by atoms with E-state index in [1.54, 1.807) is 18.2 Å². The topological polar surface area (TPSA) is 64.9 Å². The van der Waals surface area contributed by atoms with Crippen molar-refractivity contribution in [1.29, 1.82) is 0 Å². The van der Waals surface area contributed by atoms with E-state index in [9.17, 15) is 4.39 Å². The largest absolute Gasteiger partial charge is 0.425 e. The monoisotopic (exact) mass is 263 g/mol. The average Bonchev–Trinajstić information content (AvgIpc) is 2.80. The molecule has 4 nitrogen and oxygen atoms in total. The fourth-order valence-corrected chi connectivity index (χ4v) is 1.96. The predicted octanol–water partition coefficient (Wildman–Crippen LogP) is 2.50. The van der Waals surface area contributed by atoms with Crippen LogP contribution in [-0.4, -0.2) is 16.7 Å². The first-order valence-corrected chi connectivity index (χ1v) is 6.38. The lowest BCUT2D eigenvalue weighted by Gasteiger charge is -2.11. The number of hydrogen-bond donors (Lipinski definition) is 1. The number of aromatic nitrogens is 2. The molecule has 0 bridgehead atoms. The molecule has 5 heteroatoms. The van der Waals surface area contributed by atoms with Crippen LogP contribution in [-0.2, 0) is 6.42 Å². The van der Waals surface area contributed by atoms with Crippen LogP contribution in [0.25, 0.3) is 0 Å². The molecule has 1 aromatic heterocycles. The van der Waals surface area contributed by atoms with E-state index in [4.69, 9.17) is 10.2 Å². The second-order valence-corrected chi connectivity index (χ2v) is 4.94. The van der Waals surface area contributed by atoms with Crippen LogP contribution in [0.3, 0.4) is 0 Å². The van der Waals surface area contributed by atoms with Crippen LogP contribution in [0.1, 0.15) is 37.1 Å². The van der Waals surface area contributed by atoms with Crippen LogP contribution in [0.5, 0.6) is 0 Å². The molecule has 0 amide bonds. The molecule has 1 heterocycles. The summed E-state index contributed by atoms with van der Waals surface area (Å²) in [6.07, 6.45) is 0.710. The van der Waals surface area contributed by atoms with Gasteiger partial charge >= 0.3 is 0 Å². The Hall–Kier alpha value is -1.75. The van der Waals surface area contributed by atoms with Gasteiger partial charge in [0, 0.05) is 18.5 Å². The molecule has 102 valence electrons. The Labute approximate surface area is 111 Å². The second-order valence-electron chi connectivity index (χ2n) is 4.94. The van der Waals surface area contributed by atoms with Gasteiger partial charge in [0.15, 0.2) is 0 Å². The summed E-state index contributed by atoms with van der Waals surface area (Å²) < 4.78 is 19.4. The van der Waals surface area contributed by atoms with Gasteiger partial charge in [-0.1, -0.05) is 32.0 Å². The molecule has 0 saturated carbocycles. The first-order valence-electron chi connectivity index (χ1n) is 6.38. The first kappa shape index (κ1) is 13.7. The van der Waals surface area contributed by atoms with Crippen molar-refractivity contribution >= 4 is 0 Å². The highest BCUT2D eigenvalue weighted by atomic mass is 19.1. The summed E-state index contributed by atoms with van der Waals surface area (Å²) in [6.45, 7) is 4.37. The molecule has 0 spiro atoms. The molecule has 0 aliphatic carbocycles. The maximum Gasteiger partial charge on any atom is 0.225 e. The second kappa shape index (κ2) is 5.93. The predicted molar refractivity (Wildman–Crippen MR) is 70.1 cm³/mol. The number of hydrogen-bond acceptors (Lipinski definition) is 4. The summed E-state index contributed by atoms with van der Waals surface area (Å²) in [7, 11) is 0. The van der Waals surface area contributed by atoms with Crippen molar-refractivity contribution in [3.05, 3.63) is 47.4 Å². The summed E-state index contributed by atoms with van der Waals surface area (Å²) in [4.78, 5) is 0. The fourth-order valence-electron chi connectivity index (χ4n) is 1.96. The lowest BCUT2D eigenvalue weighted by molar-refractivity contribution is 0.409. The van der Waals surface area contributed by atoms with E-state index in [-0.39, 0.29) is 12.4 Å².